The zero-order chi connectivity index (χ0) is 15.8. The van der Waals surface area contributed by atoms with Crippen LogP contribution in [0.5, 0.6) is 0 Å². The van der Waals surface area contributed by atoms with Crippen LogP contribution in [0.1, 0.15) is 31.1 Å². The fourth-order valence-corrected chi connectivity index (χ4v) is 1.52. The molecule has 0 bridgehead atoms. The molecule has 0 aliphatic rings. The summed E-state index contributed by atoms with van der Waals surface area (Å²) >= 11 is 0. The standard InChI is InChI=1S/C9H6O6.C6H6/c10-7(11)4-2-1-3-5(8(12)13)6(4)9(14)15;1-2-4-6-5-3-1/h1-3H,(H,10,11)(H,12,13)(H,14,15);1-6H. The first-order valence-electron chi connectivity index (χ1n) is 5.78. The summed E-state index contributed by atoms with van der Waals surface area (Å²) in [5, 5.41) is 26.0. The molecule has 0 unspecified atom stereocenters. The third-order valence-corrected chi connectivity index (χ3v) is 2.41. The molecule has 0 saturated heterocycles. The molecule has 108 valence electrons. The molecule has 3 N–H and O–H groups in total. The second kappa shape index (κ2) is 7.44. The zero-order valence-electron chi connectivity index (χ0n) is 10.8. The maximum Gasteiger partial charge on any atom is 0.337 e. The molecular weight excluding hydrogens is 276 g/mol. The van der Waals surface area contributed by atoms with Crippen molar-refractivity contribution in [3.8, 4) is 0 Å². The van der Waals surface area contributed by atoms with E-state index in [-0.39, 0.29) is 0 Å². The molecule has 2 aromatic rings. The van der Waals surface area contributed by atoms with Gasteiger partial charge >= 0.3 is 17.9 Å². The number of rotatable bonds is 3. The van der Waals surface area contributed by atoms with Gasteiger partial charge in [0, 0.05) is 0 Å². The molecule has 2 aromatic carbocycles. The number of carboxylic acid groups (broad SMARTS) is 3. The second-order valence-electron chi connectivity index (χ2n) is 3.80. The maximum atomic E-state index is 10.7. The van der Waals surface area contributed by atoms with Crippen molar-refractivity contribution >= 4 is 17.9 Å². The van der Waals surface area contributed by atoms with Gasteiger partial charge in [-0.2, -0.15) is 0 Å². The van der Waals surface area contributed by atoms with Crippen LogP contribution in [0.15, 0.2) is 54.6 Å². The number of hydrogen-bond acceptors (Lipinski definition) is 3. The minimum Gasteiger partial charge on any atom is -0.478 e. The van der Waals surface area contributed by atoms with Gasteiger partial charge in [0.15, 0.2) is 0 Å². The topological polar surface area (TPSA) is 112 Å². The Morgan fingerprint density at radius 1 is 0.571 bits per heavy atom. The highest BCUT2D eigenvalue weighted by atomic mass is 16.4. The van der Waals surface area contributed by atoms with E-state index < -0.39 is 34.6 Å². The smallest absolute Gasteiger partial charge is 0.337 e. The van der Waals surface area contributed by atoms with Crippen LogP contribution in [0.3, 0.4) is 0 Å². The second-order valence-corrected chi connectivity index (χ2v) is 3.80. The van der Waals surface area contributed by atoms with E-state index in [9.17, 15) is 14.4 Å². The van der Waals surface area contributed by atoms with E-state index in [1.807, 2.05) is 36.4 Å². The van der Waals surface area contributed by atoms with Gasteiger partial charge in [0.2, 0.25) is 0 Å². The summed E-state index contributed by atoms with van der Waals surface area (Å²) in [5.74, 6) is -4.53. The Morgan fingerprint density at radius 3 is 1.14 bits per heavy atom. The van der Waals surface area contributed by atoms with E-state index in [0.29, 0.717) is 0 Å². The van der Waals surface area contributed by atoms with Crippen molar-refractivity contribution in [2.75, 3.05) is 0 Å². The van der Waals surface area contributed by atoms with E-state index in [1.165, 1.54) is 6.07 Å². The molecular formula is C15H12O6. The molecule has 0 aliphatic carbocycles. The van der Waals surface area contributed by atoms with Gasteiger partial charge in [0.1, 0.15) is 0 Å². The number of carboxylic acids is 3. The Hall–Kier alpha value is -3.15. The minimum absolute atomic E-state index is 0.539. The monoisotopic (exact) mass is 288 g/mol. The van der Waals surface area contributed by atoms with E-state index in [2.05, 4.69) is 0 Å². The minimum atomic E-state index is -1.58. The fraction of sp³-hybridized carbons (Fsp3) is 0. The van der Waals surface area contributed by atoms with Gasteiger partial charge in [0.25, 0.3) is 0 Å². The molecule has 6 heteroatoms. The summed E-state index contributed by atoms with van der Waals surface area (Å²) in [5.41, 5.74) is -1.79. The lowest BCUT2D eigenvalue weighted by Gasteiger charge is -2.04. The molecule has 0 radical (unpaired) electrons. The Bertz CT molecular complexity index is 590. The molecule has 0 amide bonds. The van der Waals surface area contributed by atoms with Crippen molar-refractivity contribution in [3.63, 3.8) is 0 Å². The molecule has 0 aliphatic heterocycles. The van der Waals surface area contributed by atoms with Gasteiger partial charge in [-0.3, -0.25) is 0 Å². The van der Waals surface area contributed by atoms with Gasteiger partial charge in [0.05, 0.1) is 16.7 Å². The van der Waals surface area contributed by atoms with Crippen molar-refractivity contribution in [3.05, 3.63) is 71.3 Å². The van der Waals surface area contributed by atoms with Crippen molar-refractivity contribution in [1.29, 1.82) is 0 Å². The molecule has 6 nitrogen and oxygen atoms in total. The van der Waals surface area contributed by atoms with Crippen molar-refractivity contribution in [2.24, 2.45) is 0 Å². The molecule has 2 rings (SSSR count). The lowest BCUT2D eigenvalue weighted by Crippen LogP contribution is -2.14. The molecule has 0 saturated carbocycles. The van der Waals surface area contributed by atoms with Crippen LogP contribution in [0.2, 0.25) is 0 Å². The van der Waals surface area contributed by atoms with Crippen LogP contribution in [0, 0.1) is 0 Å². The summed E-state index contributed by atoms with van der Waals surface area (Å²) in [7, 11) is 0. The molecule has 0 spiro atoms. The Labute approximate surface area is 119 Å². The van der Waals surface area contributed by atoms with Crippen LogP contribution in [0.25, 0.3) is 0 Å². The van der Waals surface area contributed by atoms with Gasteiger partial charge in [-0.05, 0) is 12.1 Å². The molecule has 0 atom stereocenters. The predicted molar refractivity (Wildman–Crippen MR) is 73.8 cm³/mol. The molecule has 0 aromatic heterocycles. The largest absolute Gasteiger partial charge is 0.478 e. The van der Waals surface area contributed by atoms with E-state index >= 15 is 0 Å². The summed E-state index contributed by atoms with van der Waals surface area (Å²) in [6.45, 7) is 0. The van der Waals surface area contributed by atoms with Crippen molar-refractivity contribution < 1.29 is 29.7 Å². The number of benzene rings is 2. The fourth-order valence-electron chi connectivity index (χ4n) is 1.52. The van der Waals surface area contributed by atoms with Gasteiger partial charge in [-0.1, -0.05) is 42.5 Å². The number of aromatic carboxylic acids is 3. The van der Waals surface area contributed by atoms with Crippen LogP contribution < -0.4 is 0 Å². The Kier molecular flexibility index (Phi) is 5.64. The normalized spacial score (nSPS) is 9.14. The highest BCUT2D eigenvalue weighted by Gasteiger charge is 2.22. The van der Waals surface area contributed by atoms with E-state index in [4.69, 9.17) is 15.3 Å². The van der Waals surface area contributed by atoms with Crippen LogP contribution in [-0.4, -0.2) is 33.2 Å². The van der Waals surface area contributed by atoms with E-state index in [1.54, 1.807) is 0 Å². The average molecular weight is 288 g/mol. The van der Waals surface area contributed by atoms with Gasteiger partial charge in [-0.15, -0.1) is 0 Å². The molecule has 21 heavy (non-hydrogen) atoms. The number of hydrogen-bond donors (Lipinski definition) is 3. The van der Waals surface area contributed by atoms with Crippen LogP contribution in [0.4, 0.5) is 0 Å². The quantitative estimate of drug-likeness (QED) is 0.799. The summed E-state index contributed by atoms with van der Waals surface area (Å²) < 4.78 is 0. The zero-order valence-corrected chi connectivity index (χ0v) is 10.8. The predicted octanol–water partition coefficient (Wildman–Crippen LogP) is 2.47. The highest BCUT2D eigenvalue weighted by Crippen LogP contribution is 2.15. The van der Waals surface area contributed by atoms with Gasteiger partial charge < -0.3 is 15.3 Å². The Morgan fingerprint density at radius 2 is 0.905 bits per heavy atom. The summed E-state index contributed by atoms with van der Waals surface area (Å²) in [4.78, 5) is 32.0. The summed E-state index contributed by atoms with van der Waals surface area (Å²) in [6, 6.07) is 15.3. The van der Waals surface area contributed by atoms with E-state index in [0.717, 1.165) is 12.1 Å². The maximum absolute atomic E-state index is 10.7. The lowest BCUT2D eigenvalue weighted by molar-refractivity contribution is 0.0633. The molecule has 0 heterocycles. The first-order valence-corrected chi connectivity index (χ1v) is 5.78. The third-order valence-electron chi connectivity index (χ3n) is 2.41. The molecule has 0 fully saturated rings. The van der Waals surface area contributed by atoms with Crippen LogP contribution in [-0.2, 0) is 0 Å². The highest BCUT2D eigenvalue weighted by molar-refractivity contribution is 6.08. The summed E-state index contributed by atoms with van der Waals surface area (Å²) in [6.07, 6.45) is 0. The lowest BCUT2D eigenvalue weighted by atomic mass is 10.0. The van der Waals surface area contributed by atoms with Gasteiger partial charge in [-0.25, -0.2) is 14.4 Å². The van der Waals surface area contributed by atoms with Crippen molar-refractivity contribution in [1.82, 2.24) is 0 Å². The van der Waals surface area contributed by atoms with Crippen LogP contribution >= 0.6 is 0 Å². The average Bonchev–Trinajstić information content (AvgIpc) is 2.48. The SMILES string of the molecule is O=C(O)c1cccc(C(=O)O)c1C(=O)O.c1ccccc1. The third kappa shape index (κ3) is 4.46. The van der Waals surface area contributed by atoms with Crippen molar-refractivity contribution in [2.45, 2.75) is 0 Å². The Balaban J connectivity index is 0.000000304. The first kappa shape index (κ1) is 15.9. The first-order chi connectivity index (χ1) is 9.95. The number of carbonyl (C=O) groups is 3.